The SMILES string of the molecule is CC1CCc2sc(C(=O)OC(C)C(N)=O)cc2C1. The van der Waals surface area contributed by atoms with E-state index in [0.717, 1.165) is 12.8 Å². The van der Waals surface area contributed by atoms with Crippen molar-refractivity contribution in [2.75, 3.05) is 0 Å². The molecule has 2 rings (SSSR count). The number of ether oxygens (including phenoxy) is 1. The summed E-state index contributed by atoms with van der Waals surface area (Å²) in [6.07, 6.45) is 2.33. The molecule has 0 saturated heterocycles. The number of aryl methyl sites for hydroxylation is 1. The van der Waals surface area contributed by atoms with E-state index < -0.39 is 18.0 Å². The molecular formula is C13H17NO3S. The van der Waals surface area contributed by atoms with Gasteiger partial charge < -0.3 is 10.5 Å². The number of carbonyl (C=O) groups excluding carboxylic acids is 2. The standard InChI is InChI=1S/C13H17NO3S/c1-7-3-4-10-9(5-7)6-11(18-10)13(16)17-8(2)12(14)15/h6-8H,3-5H2,1-2H3,(H2,14,15). The van der Waals surface area contributed by atoms with Crippen LogP contribution in [-0.4, -0.2) is 18.0 Å². The third kappa shape index (κ3) is 2.72. The molecular weight excluding hydrogens is 250 g/mol. The van der Waals surface area contributed by atoms with E-state index in [-0.39, 0.29) is 0 Å². The van der Waals surface area contributed by atoms with Crippen LogP contribution in [-0.2, 0) is 22.4 Å². The molecule has 1 heterocycles. The van der Waals surface area contributed by atoms with Gasteiger partial charge in [0, 0.05) is 4.88 Å². The van der Waals surface area contributed by atoms with Gasteiger partial charge in [0.2, 0.25) is 0 Å². The van der Waals surface area contributed by atoms with Gasteiger partial charge in [0.05, 0.1) is 0 Å². The van der Waals surface area contributed by atoms with Gasteiger partial charge >= 0.3 is 5.97 Å². The molecule has 0 aliphatic heterocycles. The van der Waals surface area contributed by atoms with E-state index in [4.69, 9.17) is 10.5 Å². The van der Waals surface area contributed by atoms with Crippen LogP contribution in [0.25, 0.3) is 0 Å². The van der Waals surface area contributed by atoms with Crippen LogP contribution in [0.4, 0.5) is 0 Å². The van der Waals surface area contributed by atoms with Gasteiger partial charge in [-0.1, -0.05) is 6.92 Å². The highest BCUT2D eigenvalue weighted by atomic mass is 32.1. The summed E-state index contributed by atoms with van der Waals surface area (Å²) in [6, 6.07) is 1.89. The maximum Gasteiger partial charge on any atom is 0.349 e. The minimum atomic E-state index is -0.879. The molecule has 4 nitrogen and oxygen atoms in total. The van der Waals surface area contributed by atoms with E-state index in [0.29, 0.717) is 10.8 Å². The smallest absolute Gasteiger partial charge is 0.349 e. The van der Waals surface area contributed by atoms with Gasteiger partial charge in [-0.05, 0) is 43.7 Å². The van der Waals surface area contributed by atoms with Crippen LogP contribution in [0, 0.1) is 5.92 Å². The largest absolute Gasteiger partial charge is 0.448 e. The first kappa shape index (κ1) is 13.1. The van der Waals surface area contributed by atoms with E-state index in [1.165, 1.54) is 35.1 Å². The molecule has 0 fully saturated rings. The average molecular weight is 267 g/mol. The third-order valence-corrected chi connectivity index (χ3v) is 4.43. The molecule has 0 bridgehead atoms. The fourth-order valence-corrected chi connectivity index (χ4v) is 3.17. The Hall–Kier alpha value is -1.36. The lowest BCUT2D eigenvalue weighted by Gasteiger charge is -2.16. The van der Waals surface area contributed by atoms with Crippen LogP contribution >= 0.6 is 11.3 Å². The second-order valence-corrected chi connectivity index (χ2v) is 5.99. The third-order valence-electron chi connectivity index (χ3n) is 3.21. The van der Waals surface area contributed by atoms with Gasteiger partial charge in [0.1, 0.15) is 4.88 Å². The van der Waals surface area contributed by atoms with E-state index in [1.54, 1.807) is 0 Å². The van der Waals surface area contributed by atoms with Gasteiger partial charge in [-0.15, -0.1) is 11.3 Å². The van der Waals surface area contributed by atoms with E-state index in [9.17, 15) is 9.59 Å². The molecule has 1 aliphatic rings. The van der Waals surface area contributed by atoms with Crippen molar-refractivity contribution >= 4 is 23.2 Å². The molecule has 98 valence electrons. The summed E-state index contributed by atoms with van der Waals surface area (Å²) in [6.45, 7) is 3.70. The zero-order chi connectivity index (χ0) is 13.3. The zero-order valence-corrected chi connectivity index (χ0v) is 11.4. The molecule has 2 unspecified atom stereocenters. The monoisotopic (exact) mass is 267 g/mol. The van der Waals surface area contributed by atoms with Gasteiger partial charge in [-0.3, -0.25) is 4.79 Å². The predicted octanol–water partition coefficient (Wildman–Crippen LogP) is 1.90. The highest BCUT2D eigenvalue weighted by Gasteiger charge is 2.23. The van der Waals surface area contributed by atoms with Crippen molar-refractivity contribution in [1.29, 1.82) is 0 Å². The number of amides is 1. The molecule has 1 aliphatic carbocycles. The Morgan fingerprint density at radius 1 is 1.56 bits per heavy atom. The number of hydrogen-bond acceptors (Lipinski definition) is 4. The topological polar surface area (TPSA) is 69.4 Å². The number of carbonyl (C=O) groups is 2. The summed E-state index contributed by atoms with van der Waals surface area (Å²) < 4.78 is 5.00. The molecule has 2 atom stereocenters. The second-order valence-electron chi connectivity index (χ2n) is 4.86. The van der Waals surface area contributed by atoms with E-state index in [1.807, 2.05) is 6.07 Å². The van der Waals surface area contributed by atoms with Crippen molar-refractivity contribution in [1.82, 2.24) is 0 Å². The summed E-state index contributed by atoms with van der Waals surface area (Å²) in [7, 11) is 0. The van der Waals surface area contributed by atoms with Crippen LogP contribution in [0.5, 0.6) is 0 Å². The Kier molecular flexibility index (Phi) is 3.71. The molecule has 5 heteroatoms. The molecule has 0 spiro atoms. The van der Waals surface area contributed by atoms with Crippen LogP contribution < -0.4 is 5.73 Å². The lowest BCUT2D eigenvalue weighted by atomic mass is 9.90. The van der Waals surface area contributed by atoms with Crippen LogP contribution in [0.15, 0.2) is 6.07 Å². The number of thiophene rings is 1. The van der Waals surface area contributed by atoms with Gasteiger partial charge in [0.25, 0.3) is 5.91 Å². The van der Waals surface area contributed by atoms with Crippen LogP contribution in [0.3, 0.4) is 0 Å². The molecule has 1 aromatic rings. The molecule has 0 aromatic carbocycles. The summed E-state index contributed by atoms with van der Waals surface area (Å²) >= 11 is 1.47. The maximum atomic E-state index is 11.8. The van der Waals surface area contributed by atoms with Crippen molar-refractivity contribution in [2.45, 2.75) is 39.2 Å². The Bertz CT molecular complexity index is 481. The first-order chi connectivity index (χ1) is 8.47. The van der Waals surface area contributed by atoms with Crippen molar-refractivity contribution in [3.8, 4) is 0 Å². The molecule has 1 aromatic heterocycles. The summed E-state index contributed by atoms with van der Waals surface area (Å²) in [5.41, 5.74) is 6.31. The highest BCUT2D eigenvalue weighted by molar-refractivity contribution is 7.14. The van der Waals surface area contributed by atoms with E-state index >= 15 is 0 Å². The van der Waals surface area contributed by atoms with Crippen molar-refractivity contribution < 1.29 is 14.3 Å². The molecule has 18 heavy (non-hydrogen) atoms. The average Bonchev–Trinajstić information content (AvgIpc) is 2.71. The minimum Gasteiger partial charge on any atom is -0.448 e. The lowest BCUT2D eigenvalue weighted by molar-refractivity contribution is -0.125. The lowest BCUT2D eigenvalue weighted by Crippen LogP contribution is -2.30. The number of fused-ring (bicyclic) bond motifs is 1. The van der Waals surface area contributed by atoms with Crippen molar-refractivity contribution in [3.63, 3.8) is 0 Å². The first-order valence-electron chi connectivity index (χ1n) is 6.09. The second kappa shape index (κ2) is 5.10. The van der Waals surface area contributed by atoms with Crippen LogP contribution in [0.2, 0.25) is 0 Å². The maximum absolute atomic E-state index is 11.8. The quantitative estimate of drug-likeness (QED) is 0.850. The predicted molar refractivity (Wildman–Crippen MR) is 69.6 cm³/mol. The Morgan fingerprint density at radius 3 is 2.94 bits per heavy atom. The molecule has 0 radical (unpaired) electrons. The Labute approximate surface area is 110 Å². The molecule has 1 amide bonds. The fraction of sp³-hybridized carbons (Fsp3) is 0.538. The van der Waals surface area contributed by atoms with E-state index in [2.05, 4.69) is 6.92 Å². The number of esters is 1. The molecule has 2 N–H and O–H groups in total. The highest BCUT2D eigenvalue weighted by Crippen LogP contribution is 2.32. The summed E-state index contributed by atoms with van der Waals surface area (Å²) in [4.78, 5) is 24.5. The van der Waals surface area contributed by atoms with Crippen molar-refractivity contribution in [3.05, 3.63) is 21.4 Å². The normalized spacial score (nSPS) is 20.0. The number of hydrogen-bond donors (Lipinski definition) is 1. The number of primary amides is 1. The summed E-state index contributed by atoms with van der Waals surface area (Å²) in [5.74, 6) is -0.410. The first-order valence-corrected chi connectivity index (χ1v) is 6.91. The van der Waals surface area contributed by atoms with Crippen LogP contribution in [0.1, 0.15) is 40.4 Å². The fourth-order valence-electron chi connectivity index (χ4n) is 2.08. The number of rotatable bonds is 3. The Morgan fingerprint density at radius 2 is 2.28 bits per heavy atom. The zero-order valence-electron chi connectivity index (χ0n) is 10.6. The minimum absolute atomic E-state index is 0.451. The van der Waals surface area contributed by atoms with Gasteiger partial charge in [-0.25, -0.2) is 4.79 Å². The van der Waals surface area contributed by atoms with Gasteiger partial charge in [0.15, 0.2) is 6.10 Å². The summed E-state index contributed by atoms with van der Waals surface area (Å²) in [5, 5.41) is 0. The van der Waals surface area contributed by atoms with Crippen molar-refractivity contribution in [2.24, 2.45) is 11.7 Å². The Balaban J connectivity index is 2.10. The number of nitrogens with two attached hydrogens (primary N) is 1. The van der Waals surface area contributed by atoms with Gasteiger partial charge in [-0.2, -0.15) is 0 Å². The molecule has 0 saturated carbocycles.